The zero-order valence-electron chi connectivity index (χ0n) is 12.0. The SMILES string of the molecule is CCc1cccnc1-c1noc(C2(C)CCCCN2)n1. The van der Waals surface area contributed by atoms with Gasteiger partial charge in [-0.2, -0.15) is 4.98 Å². The standard InChI is InChI=1S/C15H20N4O/c1-3-11-7-6-9-16-12(11)13-18-14(20-19-13)15(2)8-4-5-10-17-15/h6-7,9,17H,3-5,8,10H2,1-2H3. The second-order valence-corrected chi connectivity index (χ2v) is 5.50. The van der Waals surface area contributed by atoms with Crippen LogP contribution in [0.4, 0.5) is 0 Å². The van der Waals surface area contributed by atoms with Crippen LogP contribution in [0.25, 0.3) is 11.5 Å². The summed E-state index contributed by atoms with van der Waals surface area (Å²) in [4.78, 5) is 8.98. The normalized spacial score (nSPS) is 22.9. The van der Waals surface area contributed by atoms with Gasteiger partial charge in [0.25, 0.3) is 0 Å². The molecule has 2 aromatic rings. The Morgan fingerprint density at radius 1 is 1.40 bits per heavy atom. The molecule has 3 heterocycles. The molecule has 1 aliphatic heterocycles. The molecule has 1 atom stereocenters. The molecule has 0 amide bonds. The molecule has 106 valence electrons. The van der Waals surface area contributed by atoms with Crippen LogP contribution in [-0.4, -0.2) is 21.7 Å². The minimum atomic E-state index is -0.204. The van der Waals surface area contributed by atoms with Crippen molar-refractivity contribution >= 4 is 0 Å². The number of aryl methyl sites for hydroxylation is 1. The van der Waals surface area contributed by atoms with Crippen molar-refractivity contribution in [3.8, 4) is 11.5 Å². The van der Waals surface area contributed by atoms with Gasteiger partial charge < -0.3 is 9.84 Å². The van der Waals surface area contributed by atoms with E-state index >= 15 is 0 Å². The van der Waals surface area contributed by atoms with Gasteiger partial charge in [0.2, 0.25) is 11.7 Å². The smallest absolute Gasteiger partial charge is 0.247 e. The monoisotopic (exact) mass is 272 g/mol. The molecule has 3 rings (SSSR count). The van der Waals surface area contributed by atoms with Gasteiger partial charge in [0.1, 0.15) is 5.69 Å². The van der Waals surface area contributed by atoms with Crippen molar-refractivity contribution in [3.05, 3.63) is 29.8 Å². The third kappa shape index (κ3) is 2.33. The van der Waals surface area contributed by atoms with Gasteiger partial charge in [0, 0.05) is 6.20 Å². The molecule has 2 aromatic heterocycles. The third-order valence-electron chi connectivity index (χ3n) is 4.00. The predicted octanol–water partition coefficient (Wildman–Crippen LogP) is 2.68. The third-order valence-corrected chi connectivity index (χ3v) is 4.00. The number of piperidine rings is 1. The minimum absolute atomic E-state index is 0.204. The number of hydrogen-bond acceptors (Lipinski definition) is 5. The number of hydrogen-bond donors (Lipinski definition) is 1. The van der Waals surface area contributed by atoms with Gasteiger partial charge in [-0.25, -0.2) is 0 Å². The van der Waals surface area contributed by atoms with Crippen LogP contribution in [0.15, 0.2) is 22.9 Å². The summed E-state index contributed by atoms with van der Waals surface area (Å²) >= 11 is 0. The summed E-state index contributed by atoms with van der Waals surface area (Å²) in [6.45, 7) is 5.23. The highest BCUT2D eigenvalue weighted by atomic mass is 16.5. The first kappa shape index (κ1) is 13.2. The summed E-state index contributed by atoms with van der Waals surface area (Å²) in [6.07, 6.45) is 6.09. The predicted molar refractivity (Wildman–Crippen MR) is 76.1 cm³/mol. The Bertz CT molecular complexity index is 587. The first-order valence-corrected chi connectivity index (χ1v) is 7.26. The highest BCUT2D eigenvalue weighted by molar-refractivity contribution is 5.53. The number of rotatable bonds is 3. The first-order valence-electron chi connectivity index (χ1n) is 7.26. The molecule has 0 saturated carbocycles. The van der Waals surface area contributed by atoms with Gasteiger partial charge in [0.05, 0.1) is 5.54 Å². The molecule has 1 aliphatic rings. The highest BCUT2D eigenvalue weighted by Gasteiger charge is 2.34. The van der Waals surface area contributed by atoms with Crippen LogP contribution in [0.2, 0.25) is 0 Å². The van der Waals surface area contributed by atoms with E-state index in [2.05, 4.69) is 40.4 Å². The molecule has 1 N–H and O–H groups in total. The fraction of sp³-hybridized carbons (Fsp3) is 0.533. The zero-order chi connectivity index (χ0) is 14.0. The Kier molecular flexibility index (Phi) is 3.53. The molecule has 0 spiro atoms. The van der Waals surface area contributed by atoms with Gasteiger partial charge in [-0.15, -0.1) is 0 Å². The number of nitrogens with one attached hydrogen (secondary N) is 1. The largest absolute Gasteiger partial charge is 0.337 e. The molecular weight excluding hydrogens is 252 g/mol. The summed E-state index contributed by atoms with van der Waals surface area (Å²) in [5.41, 5.74) is 1.76. The maximum Gasteiger partial charge on any atom is 0.247 e. The summed E-state index contributed by atoms with van der Waals surface area (Å²) in [5, 5.41) is 7.62. The van der Waals surface area contributed by atoms with Crippen LogP contribution in [0.5, 0.6) is 0 Å². The Balaban J connectivity index is 1.94. The molecule has 0 bridgehead atoms. The van der Waals surface area contributed by atoms with Gasteiger partial charge >= 0.3 is 0 Å². The van der Waals surface area contributed by atoms with Crippen LogP contribution >= 0.6 is 0 Å². The lowest BCUT2D eigenvalue weighted by molar-refractivity contribution is 0.207. The molecule has 1 saturated heterocycles. The van der Waals surface area contributed by atoms with Crippen LogP contribution < -0.4 is 5.32 Å². The lowest BCUT2D eigenvalue weighted by Gasteiger charge is -2.31. The van der Waals surface area contributed by atoms with Gasteiger partial charge in [0.15, 0.2) is 0 Å². The molecule has 1 fully saturated rings. The van der Waals surface area contributed by atoms with E-state index in [9.17, 15) is 0 Å². The van der Waals surface area contributed by atoms with E-state index < -0.39 is 0 Å². The van der Waals surface area contributed by atoms with Crippen molar-refractivity contribution in [1.82, 2.24) is 20.4 Å². The van der Waals surface area contributed by atoms with E-state index in [0.717, 1.165) is 30.6 Å². The zero-order valence-corrected chi connectivity index (χ0v) is 12.0. The Morgan fingerprint density at radius 2 is 2.30 bits per heavy atom. The Hall–Kier alpha value is -1.75. The van der Waals surface area contributed by atoms with Crippen LogP contribution in [0, 0.1) is 0 Å². The molecule has 5 heteroatoms. The summed E-state index contributed by atoms with van der Waals surface area (Å²) < 4.78 is 5.50. The maximum atomic E-state index is 5.50. The summed E-state index contributed by atoms with van der Waals surface area (Å²) in [5.74, 6) is 1.26. The second-order valence-electron chi connectivity index (χ2n) is 5.50. The number of pyridine rings is 1. The number of nitrogens with zero attached hydrogens (tertiary/aromatic N) is 3. The number of aromatic nitrogens is 3. The quantitative estimate of drug-likeness (QED) is 0.930. The average molecular weight is 272 g/mol. The van der Waals surface area contributed by atoms with E-state index in [1.807, 2.05) is 6.07 Å². The van der Waals surface area contributed by atoms with Crippen molar-refractivity contribution in [2.45, 2.75) is 45.1 Å². The van der Waals surface area contributed by atoms with E-state index in [4.69, 9.17) is 4.52 Å². The molecule has 5 nitrogen and oxygen atoms in total. The van der Waals surface area contributed by atoms with Crippen LogP contribution in [0.3, 0.4) is 0 Å². The van der Waals surface area contributed by atoms with Crippen molar-refractivity contribution in [2.75, 3.05) is 6.54 Å². The van der Waals surface area contributed by atoms with E-state index in [1.54, 1.807) is 6.20 Å². The topological polar surface area (TPSA) is 63.8 Å². The van der Waals surface area contributed by atoms with Crippen molar-refractivity contribution in [2.24, 2.45) is 0 Å². The van der Waals surface area contributed by atoms with E-state index in [1.165, 1.54) is 12.8 Å². The lowest BCUT2D eigenvalue weighted by atomic mass is 9.91. The van der Waals surface area contributed by atoms with Crippen LogP contribution in [-0.2, 0) is 12.0 Å². The lowest BCUT2D eigenvalue weighted by Crippen LogP contribution is -2.43. The minimum Gasteiger partial charge on any atom is -0.337 e. The van der Waals surface area contributed by atoms with Crippen molar-refractivity contribution in [1.29, 1.82) is 0 Å². The van der Waals surface area contributed by atoms with Gasteiger partial charge in [-0.05, 0) is 50.8 Å². The molecule has 0 radical (unpaired) electrons. The van der Waals surface area contributed by atoms with E-state index in [0.29, 0.717) is 11.7 Å². The Morgan fingerprint density at radius 3 is 3.05 bits per heavy atom. The fourth-order valence-electron chi connectivity index (χ4n) is 2.71. The Labute approximate surface area is 118 Å². The van der Waals surface area contributed by atoms with Crippen molar-refractivity contribution in [3.63, 3.8) is 0 Å². The molecule has 0 aromatic carbocycles. The van der Waals surface area contributed by atoms with E-state index in [-0.39, 0.29) is 5.54 Å². The van der Waals surface area contributed by atoms with Crippen LogP contribution in [0.1, 0.15) is 44.6 Å². The van der Waals surface area contributed by atoms with Gasteiger partial charge in [-0.3, -0.25) is 4.98 Å². The fourth-order valence-corrected chi connectivity index (χ4v) is 2.71. The molecular formula is C15H20N4O. The van der Waals surface area contributed by atoms with Gasteiger partial charge in [-0.1, -0.05) is 18.1 Å². The summed E-state index contributed by atoms with van der Waals surface area (Å²) in [7, 11) is 0. The maximum absolute atomic E-state index is 5.50. The molecule has 0 aliphatic carbocycles. The molecule has 1 unspecified atom stereocenters. The average Bonchev–Trinajstić information content (AvgIpc) is 2.98. The second kappa shape index (κ2) is 5.32. The van der Waals surface area contributed by atoms with Crippen molar-refractivity contribution < 1.29 is 4.52 Å². The summed E-state index contributed by atoms with van der Waals surface area (Å²) in [6, 6.07) is 3.99. The highest BCUT2D eigenvalue weighted by Crippen LogP contribution is 2.30. The molecule has 20 heavy (non-hydrogen) atoms. The first-order chi connectivity index (χ1) is 9.73.